The van der Waals surface area contributed by atoms with E-state index in [2.05, 4.69) is 15.4 Å². The van der Waals surface area contributed by atoms with E-state index in [-0.39, 0.29) is 32.8 Å². The Labute approximate surface area is 305 Å². The first kappa shape index (κ1) is 43.5. The first-order valence-corrected chi connectivity index (χ1v) is 16.8. The molecule has 0 heterocycles. The van der Waals surface area contributed by atoms with Crippen molar-refractivity contribution in [1.29, 1.82) is 0 Å². The van der Waals surface area contributed by atoms with Gasteiger partial charge in [0.25, 0.3) is 0 Å². The molecule has 2 rings (SSSR count). The van der Waals surface area contributed by atoms with E-state index in [0.29, 0.717) is 48.6 Å². The number of nitrogens with zero attached hydrogens (tertiary/aromatic N) is 3. The van der Waals surface area contributed by atoms with Gasteiger partial charge >= 0.3 is 36.0 Å². The van der Waals surface area contributed by atoms with Gasteiger partial charge in [-0.2, -0.15) is 0 Å². The van der Waals surface area contributed by atoms with Crippen LogP contribution >= 0.6 is 12.2 Å². The molecule has 0 spiro atoms. The summed E-state index contributed by atoms with van der Waals surface area (Å²) in [6, 6.07) is 4.80. The molecule has 7 N–H and O–H groups in total. The standard InChI is InChI=1S/C32H47N5O14S/c1-49-32(48)51-13-12-50-11-10-33-31(52)34-22-8-6-21(7-9-22)14-23(35(16-26(38)39)17-27(40)41)15-36(18-28(42)43)24-4-2-3-5-25(24)37(19-29(44)45)20-30(46)47/h6-9,23-25H,2-5,10-20H2,1H3,(H,38,39)(H,40,41)(H,42,43)(H,44,45)(H,46,47)(H2,33,34,52)/t23-,24-,25-/m0/s1. The van der Waals surface area contributed by atoms with Gasteiger partial charge in [0.05, 0.1) is 53.0 Å². The number of anilines is 1. The van der Waals surface area contributed by atoms with E-state index >= 15 is 0 Å². The third-order valence-corrected chi connectivity index (χ3v) is 8.36. The van der Waals surface area contributed by atoms with Crippen molar-refractivity contribution < 1.29 is 68.5 Å². The normalized spacial score (nSPS) is 16.2. The molecule has 3 atom stereocenters. The topological polar surface area (TPSA) is 265 Å². The number of hydrogen-bond acceptors (Lipinski definition) is 13. The molecule has 0 aliphatic heterocycles. The first-order valence-electron chi connectivity index (χ1n) is 16.4. The van der Waals surface area contributed by atoms with Gasteiger partial charge in [0.15, 0.2) is 5.11 Å². The molecule has 20 heteroatoms. The average molecular weight is 758 g/mol. The molecule has 0 radical (unpaired) electrons. The van der Waals surface area contributed by atoms with Crippen LogP contribution < -0.4 is 10.6 Å². The van der Waals surface area contributed by atoms with Gasteiger partial charge in [-0.3, -0.25) is 38.7 Å². The Morgan fingerprint density at radius 2 is 1.29 bits per heavy atom. The van der Waals surface area contributed by atoms with Crippen molar-refractivity contribution in [3.05, 3.63) is 29.8 Å². The molecule has 0 amide bonds. The smallest absolute Gasteiger partial charge is 0.480 e. The van der Waals surface area contributed by atoms with E-state index in [1.54, 1.807) is 29.2 Å². The van der Waals surface area contributed by atoms with Crippen LogP contribution in [0.4, 0.5) is 10.5 Å². The van der Waals surface area contributed by atoms with Crippen molar-refractivity contribution in [3.63, 3.8) is 0 Å². The average Bonchev–Trinajstić information content (AvgIpc) is 3.06. The number of methoxy groups -OCH3 is 1. The maximum Gasteiger partial charge on any atom is 0.508 e. The monoisotopic (exact) mass is 757 g/mol. The Bertz CT molecular complexity index is 1340. The molecule has 0 unspecified atom stereocenters. The highest BCUT2D eigenvalue weighted by Crippen LogP contribution is 2.28. The Morgan fingerprint density at radius 3 is 1.81 bits per heavy atom. The Hall–Kier alpha value is -4.63. The molecular formula is C32H47N5O14S. The van der Waals surface area contributed by atoms with Crippen LogP contribution in [0.3, 0.4) is 0 Å². The zero-order valence-corrected chi connectivity index (χ0v) is 29.6. The minimum Gasteiger partial charge on any atom is -0.480 e. The minimum atomic E-state index is -1.29. The molecule has 1 aromatic carbocycles. The molecule has 1 aliphatic rings. The third kappa shape index (κ3) is 17.1. The number of thiocarbonyl (C=S) groups is 1. The van der Waals surface area contributed by atoms with Crippen LogP contribution in [-0.2, 0) is 44.6 Å². The summed E-state index contributed by atoms with van der Waals surface area (Å²) < 4.78 is 14.4. The maximum atomic E-state index is 12.1. The van der Waals surface area contributed by atoms with Gasteiger partial charge in [-0.25, -0.2) is 4.79 Å². The van der Waals surface area contributed by atoms with Gasteiger partial charge in [-0.15, -0.1) is 0 Å². The third-order valence-electron chi connectivity index (χ3n) is 8.11. The van der Waals surface area contributed by atoms with Crippen molar-refractivity contribution in [1.82, 2.24) is 20.0 Å². The summed E-state index contributed by atoms with van der Waals surface area (Å²) in [5, 5.41) is 54.5. The number of ether oxygens (including phenoxy) is 3. The summed E-state index contributed by atoms with van der Waals surface area (Å²) in [5.41, 5.74) is 1.28. The lowest BCUT2D eigenvalue weighted by Gasteiger charge is -2.45. The summed E-state index contributed by atoms with van der Waals surface area (Å²) in [5.74, 6) is -6.29. The van der Waals surface area contributed by atoms with Gasteiger partial charge in [-0.05, 0) is 49.2 Å². The highest BCUT2D eigenvalue weighted by atomic mass is 32.1. The minimum absolute atomic E-state index is 0.0316. The summed E-state index contributed by atoms with van der Waals surface area (Å²) in [6.45, 7) is -2.28. The second kappa shape index (κ2) is 23.0. The van der Waals surface area contributed by atoms with Crippen molar-refractivity contribution in [2.75, 3.05) is 78.1 Å². The van der Waals surface area contributed by atoms with Crippen LogP contribution in [0, 0.1) is 0 Å². The first-order chi connectivity index (χ1) is 24.7. The largest absolute Gasteiger partial charge is 0.508 e. The van der Waals surface area contributed by atoms with Gasteiger partial charge in [0.2, 0.25) is 0 Å². The van der Waals surface area contributed by atoms with Crippen molar-refractivity contribution >= 4 is 59.0 Å². The molecule has 1 fully saturated rings. The van der Waals surface area contributed by atoms with Crippen LogP contribution in [0.5, 0.6) is 0 Å². The molecule has 1 aromatic rings. The Morgan fingerprint density at radius 1 is 0.769 bits per heavy atom. The number of benzene rings is 1. The highest BCUT2D eigenvalue weighted by molar-refractivity contribution is 7.80. The van der Waals surface area contributed by atoms with Crippen LogP contribution in [0.2, 0.25) is 0 Å². The van der Waals surface area contributed by atoms with Gasteiger partial charge in [-0.1, -0.05) is 25.0 Å². The summed E-state index contributed by atoms with van der Waals surface area (Å²) in [7, 11) is 1.20. The second-order valence-corrected chi connectivity index (χ2v) is 12.4. The fraction of sp³-hybridized carbons (Fsp3) is 0.594. The maximum absolute atomic E-state index is 12.1. The van der Waals surface area contributed by atoms with Crippen LogP contribution in [0.1, 0.15) is 31.2 Å². The fourth-order valence-electron chi connectivity index (χ4n) is 6.07. The van der Waals surface area contributed by atoms with Gasteiger partial charge in [0, 0.05) is 36.9 Å². The number of rotatable bonds is 24. The fourth-order valence-corrected chi connectivity index (χ4v) is 6.29. The number of carboxylic acid groups (broad SMARTS) is 5. The van der Waals surface area contributed by atoms with E-state index in [1.165, 1.54) is 16.9 Å². The van der Waals surface area contributed by atoms with Crippen molar-refractivity contribution in [2.45, 2.75) is 50.2 Å². The number of carbonyl (C=O) groups is 6. The molecular weight excluding hydrogens is 710 g/mol. The SMILES string of the molecule is COC(=O)OCCOCCNC(=S)Nc1ccc(C[C@@H](CN(CC(=O)O)[C@H]2CCCC[C@@H]2N(CC(=O)O)CC(=O)O)N(CC(=O)O)CC(=O)O)cc1. The lowest BCUT2D eigenvalue weighted by molar-refractivity contribution is -0.146. The predicted octanol–water partition coefficient (Wildman–Crippen LogP) is 0.324. The molecule has 19 nitrogen and oxygen atoms in total. The number of carbonyl (C=O) groups excluding carboxylic acids is 1. The molecule has 1 saturated carbocycles. The van der Waals surface area contributed by atoms with E-state index in [4.69, 9.17) is 21.7 Å². The highest BCUT2D eigenvalue weighted by Gasteiger charge is 2.38. The van der Waals surface area contributed by atoms with Crippen molar-refractivity contribution in [3.8, 4) is 0 Å². The molecule has 52 heavy (non-hydrogen) atoms. The number of hydrogen-bond donors (Lipinski definition) is 7. The number of nitrogens with one attached hydrogen (secondary N) is 2. The Kier molecular flexibility index (Phi) is 19.3. The lowest BCUT2D eigenvalue weighted by atomic mass is 9.87. The summed E-state index contributed by atoms with van der Waals surface area (Å²) in [6.07, 6.45) is 1.45. The number of carboxylic acids is 5. The summed E-state index contributed by atoms with van der Waals surface area (Å²) >= 11 is 5.32. The van der Waals surface area contributed by atoms with Crippen LogP contribution in [0.25, 0.3) is 0 Å². The lowest BCUT2D eigenvalue weighted by Crippen LogP contribution is -2.59. The van der Waals surface area contributed by atoms with E-state index < -0.39 is 86.9 Å². The molecule has 0 aromatic heterocycles. The predicted molar refractivity (Wildman–Crippen MR) is 186 cm³/mol. The molecule has 0 saturated heterocycles. The molecule has 1 aliphatic carbocycles. The number of aliphatic carboxylic acids is 5. The molecule has 290 valence electrons. The molecule has 0 bridgehead atoms. The second-order valence-electron chi connectivity index (χ2n) is 12.0. The van der Waals surface area contributed by atoms with E-state index in [1.807, 2.05) is 0 Å². The van der Waals surface area contributed by atoms with Gasteiger partial charge in [0.1, 0.15) is 6.61 Å². The zero-order chi connectivity index (χ0) is 38.6. The van der Waals surface area contributed by atoms with E-state index in [9.17, 15) is 54.3 Å². The van der Waals surface area contributed by atoms with Gasteiger partial charge < -0.3 is 50.4 Å². The van der Waals surface area contributed by atoms with E-state index in [0.717, 1.165) is 0 Å². The summed E-state index contributed by atoms with van der Waals surface area (Å²) in [4.78, 5) is 74.2. The van der Waals surface area contributed by atoms with Crippen LogP contribution in [-0.4, -0.2) is 172 Å². The van der Waals surface area contributed by atoms with Crippen molar-refractivity contribution in [2.24, 2.45) is 0 Å². The Balaban J connectivity index is 2.25. The quantitative estimate of drug-likeness (QED) is 0.0425. The van der Waals surface area contributed by atoms with Crippen LogP contribution in [0.15, 0.2) is 24.3 Å². The zero-order valence-electron chi connectivity index (χ0n) is 28.8.